The van der Waals surface area contributed by atoms with E-state index in [4.69, 9.17) is 0 Å². The molecule has 16 heavy (non-hydrogen) atoms. The predicted octanol–water partition coefficient (Wildman–Crippen LogP) is 4.12. The molecule has 1 aliphatic rings. The average Bonchev–Trinajstić information content (AvgIpc) is 2.57. The van der Waals surface area contributed by atoms with Gasteiger partial charge in [-0.2, -0.15) is 0 Å². The summed E-state index contributed by atoms with van der Waals surface area (Å²) in [5.41, 5.74) is 1.89. The van der Waals surface area contributed by atoms with Gasteiger partial charge in [0.25, 0.3) is 0 Å². The number of nitrogens with one attached hydrogen (secondary N) is 1. The summed E-state index contributed by atoms with van der Waals surface area (Å²) in [5, 5.41) is 3.66. The van der Waals surface area contributed by atoms with Crippen LogP contribution >= 0.6 is 15.9 Å². The van der Waals surface area contributed by atoms with Crippen LogP contribution in [0.15, 0.2) is 28.7 Å². The number of hydrogen-bond donors (Lipinski definition) is 1. The van der Waals surface area contributed by atoms with Crippen LogP contribution in [-0.4, -0.2) is 6.04 Å². The third-order valence-electron chi connectivity index (χ3n) is 3.51. The van der Waals surface area contributed by atoms with Crippen LogP contribution in [0.5, 0.6) is 0 Å². The second kappa shape index (κ2) is 4.89. The summed E-state index contributed by atoms with van der Waals surface area (Å²) in [5.74, 6) is 0. The molecule has 1 saturated carbocycles. The van der Waals surface area contributed by atoms with Gasteiger partial charge in [0.15, 0.2) is 0 Å². The summed E-state index contributed by atoms with van der Waals surface area (Å²) in [7, 11) is 0. The highest BCUT2D eigenvalue weighted by molar-refractivity contribution is 9.10. The fourth-order valence-corrected chi connectivity index (χ4v) is 2.93. The second-order valence-corrected chi connectivity index (χ2v) is 6.43. The largest absolute Gasteiger partial charge is 0.310 e. The fourth-order valence-electron chi connectivity index (χ4n) is 2.51. The van der Waals surface area contributed by atoms with E-state index >= 15 is 0 Å². The van der Waals surface area contributed by atoms with E-state index in [0.717, 1.165) is 6.54 Å². The lowest BCUT2D eigenvalue weighted by Gasteiger charge is -2.18. The van der Waals surface area contributed by atoms with Crippen molar-refractivity contribution in [3.63, 3.8) is 0 Å². The second-order valence-electron chi connectivity index (χ2n) is 5.58. The van der Waals surface area contributed by atoms with Gasteiger partial charge in [0.1, 0.15) is 0 Å². The van der Waals surface area contributed by atoms with E-state index in [1.165, 1.54) is 29.3 Å². The molecule has 2 rings (SSSR count). The molecule has 1 aromatic carbocycles. The molecule has 0 heterocycles. The molecule has 0 spiro atoms. The lowest BCUT2D eigenvalue weighted by atomic mass is 9.92. The Morgan fingerprint density at radius 1 is 1.38 bits per heavy atom. The standard InChI is InChI=1S/C14H20BrN/c1-14(2)8-7-12(9-14)16-10-11-5-3-4-6-13(11)15/h3-6,12,16H,7-10H2,1-2H3. The van der Waals surface area contributed by atoms with Gasteiger partial charge in [-0.3, -0.25) is 0 Å². The van der Waals surface area contributed by atoms with Crippen LogP contribution < -0.4 is 5.32 Å². The van der Waals surface area contributed by atoms with Gasteiger partial charge in [0.2, 0.25) is 0 Å². The van der Waals surface area contributed by atoms with Crippen LogP contribution in [0.1, 0.15) is 38.7 Å². The Bertz CT molecular complexity index is 360. The molecule has 0 aliphatic heterocycles. The van der Waals surface area contributed by atoms with Crippen molar-refractivity contribution in [3.05, 3.63) is 34.3 Å². The molecule has 0 radical (unpaired) electrons. The first-order chi connectivity index (χ1) is 7.57. The van der Waals surface area contributed by atoms with Crippen LogP contribution in [0.3, 0.4) is 0 Å². The third kappa shape index (κ3) is 3.08. The SMILES string of the molecule is CC1(C)CCC(NCc2ccccc2Br)C1. The molecule has 0 aromatic heterocycles. The molecule has 1 nitrogen and oxygen atoms in total. The lowest BCUT2D eigenvalue weighted by Crippen LogP contribution is -2.26. The van der Waals surface area contributed by atoms with E-state index in [1.54, 1.807) is 0 Å². The van der Waals surface area contributed by atoms with Gasteiger partial charge in [-0.1, -0.05) is 48.0 Å². The van der Waals surface area contributed by atoms with Crippen molar-refractivity contribution < 1.29 is 0 Å². The Kier molecular flexibility index (Phi) is 3.70. The zero-order valence-electron chi connectivity index (χ0n) is 10.1. The number of rotatable bonds is 3. The number of hydrogen-bond acceptors (Lipinski definition) is 1. The minimum Gasteiger partial charge on any atom is -0.310 e. The Labute approximate surface area is 107 Å². The van der Waals surface area contributed by atoms with Crippen LogP contribution in [-0.2, 0) is 6.54 Å². The molecule has 1 aliphatic carbocycles. The maximum Gasteiger partial charge on any atom is 0.0220 e. The Hall–Kier alpha value is -0.340. The number of halogens is 1. The van der Waals surface area contributed by atoms with Gasteiger partial charge in [0, 0.05) is 17.1 Å². The van der Waals surface area contributed by atoms with Crippen LogP contribution in [0.2, 0.25) is 0 Å². The summed E-state index contributed by atoms with van der Waals surface area (Å²) in [6.07, 6.45) is 3.97. The molecule has 1 fully saturated rings. The lowest BCUT2D eigenvalue weighted by molar-refractivity contribution is 0.364. The third-order valence-corrected chi connectivity index (χ3v) is 4.28. The normalized spacial score (nSPS) is 23.6. The first-order valence-electron chi connectivity index (χ1n) is 6.04. The predicted molar refractivity (Wildman–Crippen MR) is 72.4 cm³/mol. The zero-order chi connectivity index (χ0) is 11.6. The van der Waals surface area contributed by atoms with Crippen LogP contribution in [0.25, 0.3) is 0 Å². The van der Waals surface area contributed by atoms with E-state index in [-0.39, 0.29) is 0 Å². The molecule has 1 N–H and O–H groups in total. The topological polar surface area (TPSA) is 12.0 Å². The Balaban J connectivity index is 1.87. The molecule has 0 bridgehead atoms. The summed E-state index contributed by atoms with van der Waals surface area (Å²) in [6.45, 7) is 5.71. The van der Waals surface area contributed by atoms with Crippen molar-refractivity contribution in [1.29, 1.82) is 0 Å². The van der Waals surface area contributed by atoms with Gasteiger partial charge < -0.3 is 5.32 Å². The smallest absolute Gasteiger partial charge is 0.0220 e. The minimum atomic E-state index is 0.533. The van der Waals surface area contributed by atoms with Crippen molar-refractivity contribution in [2.24, 2.45) is 5.41 Å². The molecule has 1 aromatic rings. The maximum absolute atomic E-state index is 3.66. The molecule has 1 unspecified atom stereocenters. The van der Waals surface area contributed by atoms with Gasteiger partial charge >= 0.3 is 0 Å². The fraction of sp³-hybridized carbons (Fsp3) is 0.571. The zero-order valence-corrected chi connectivity index (χ0v) is 11.7. The summed E-state index contributed by atoms with van der Waals surface area (Å²) in [6, 6.07) is 9.14. The Morgan fingerprint density at radius 3 is 2.75 bits per heavy atom. The van der Waals surface area contributed by atoms with Crippen molar-refractivity contribution in [2.75, 3.05) is 0 Å². The quantitative estimate of drug-likeness (QED) is 0.879. The molecular weight excluding hydrogens is 262 g/mol. The van der Waals surface area contributed by atoms with Crippen LogP contribution in [0, 0.1) is 5.41 Å². The van der Waals surface area contributed by atoms with E-state index in [9.17, 15) is 0 Å². The molecule has 1 atom stereocenters. The van der Waals surface area contributed by atoms with Crippen molar-refractivity contribution >= 4 is 15.9 Å². The molecule has 88 valence electrons. The van der Waals surface area contributed by atoms with E-state index in [1.807, 2.05) is 0 Å². The molecular formula is C14H20BrN. The molecule has 0 saturated heterocycles. The van der Waals surface area contributed by atoms with E-state index < -0.39 is 0 Å². The summed E-state index contributed by atoms with van der Waals surface area (Å²) < 4.78 is 1.21. The average molecular weight is 282 g/mol. The molecule has 0 amide bonds. The van der Waals surface area contributed by atoms with Crippen LogP contribution in [0.4, 0.5) is 0 Å². The van der Waals surface area contributed by atoms with Gasteiger partial charge in [-0.15, -0.1) is 0 Å². The minimum absolute atomic E-state index is 0.533. The molecule has 2 heteroatoms. The highest BCUT2D eigenvalue weighted by Gasteiger charge is 2.30. The first-order valence-corrected chi connectivity index (χ1v) is 6.83. The summed E-state index contributed by atoms with van der Waals surface area (Å²) >= 11 is 3.59. The van der Waals surface area contributed by atoms with Crippen molar-refractivity contribution in [2.45, 2.75) is 45.7 Å². The van der Waals surface area contributed by atoms with Gasteiger partial charge in [-0.25, -0.2) is 0 Å². The van der Waals surface area contributed by atoms with Gasteiger partial charge in [-0.05, 0) is 36.3 Å². The Morgan fingerprint density at radius 2 is 2.12 bits per heavy atom. The highest BCUT2D eigenvalue weighted by atomic mass is 79.9. The maximum atomic E-state index is 3.66. The van der Waals surface area contributed by atoms with Crippen molar-refractivity contribution in [3.8, 4) is 0 Å². The number of benzene rings is 1. The first kappa shape index (κ1) is 12.1. The summed E-state index contributed by atoms with van der Waals surface area (Å²) in [4.78, 5) is 0. The van der Waals surface area contributed by atoms with Gasteiger partial charge in [0.05, 0.1) is 0 Å². The van der Waals surface area contributed by atoms with E-state index in [0.29, 0.717) is 11.5 Å². The van der Waals surface area contributed by atoms with E-state index in [2.05, 4.69) is 59.4 Å². The monoisotopic (exact) mass is 281 g/mol. The highest BCUT2D eigenvalue weighted by Crippen LogP contribution is 2.37. The van der Waals surface area contributed by atoms with Crippen molar-refractivity contribution in [1.82, 2.24) is 5.32 Å².